The summed E-state index contributed by atoms with van der Waals surface area (Å²) < 4.78 is 0.988. The summed E-state index contributed by atoms with van der Waals surface area (Å²) in [6.45, 7) is 14.8. The molecular formula is C22H26BrN5OS. The molecule has 0 aliphatic carbocycles. The number of aromatic amines is 1. The number of H-pyrrole nitrogens is 1. The molecule has 0 atom stereocenters. The highest BCUT2D eigenvalue weighted by atomic mass is 79.9. The quantitative estimate of drug-likeness (QED) is 0.232. The maximum atomic E-state index is 9.79. The minimum atomic E-state index is -0.315. The smallest absolute Gasteiger partial charge is 0.196 e. The molecule has 0 radical (unpaired) electrons. The summed E-state index contributed by atoms with van der Waals surface area (Å²) in [7, 11) is 0. The molecule has 30 heavy (non-hydrogen) atoms. The monoisotopic (exact) mass is 487 g/mol. The predicted octanol–water partition coefficient (Wildman–Crippen LogP) is 5.18. The number of thioether (sulfide) groups is 1. The largest absolute Gasteiger partial charge is 0.389 e. The molecule has 1 aliphatic rings. The van der Waals surface area contributed by atoms with Crippen LogP contribution in [0.5, 0.6) is 0 Å². The number of β-amino-alcohol motifs (C(OH)–C–C–N with tert-alkyl or cyclic N) is 1. The summed E-state index contributed by atoms with van der Waals surface area (Å²) >= 11 is 5.17. The number of fused-ring (bicyclic) bond motifs is 1. The lowest BCUT2D eigenvalue weighted by atomic mass is 10.1. The van der Waals surface area contributed by atoms with E-state index in [-0.39, 0.29) is 6.10 Å². The number of aliphatic imine (C=N–C) groups is 1. The van der Waals surface area contributed by atoms with Crippen molar-refractivity contribution in [1.29, 1.82) is 0 Å². The van der Waals surface area contributed by atoms with Crippen LogP contribution in [0.2, 0.25) is 0 Å². The number of aryl methyl sites for hydroxylation is 1. The summed E-state index contributed by atoms with van der Waals surface area (Å²) in [5, 5.41) is 11.4. The van der Waals surface area contributed by atoms with Crippen LogP contribution in [-0.4, -0.2) is 45.5 Å². The van der Waals surface area contributed by atoms with Gasteiger partial charge >= 0.3 is 0 Å². The Hall–Kier alpha value is -2.16. The van der Waals surface area contributed by atoms with Gasteiger partial charge in [0.05, 0.1) is 21.7 Å². The number of halogens is 1. The van der Waals surface area contributed by atoms with Crippen molar-refractivity contribution in [2.24, 2.45) is 4.99 Å². The Kier molecular flexibility index (Phi) is 7.33. The van der Waals surface area contributed by atoms with Crippen LogP contribution in [0.4, 0.5) is 5.82 Å². The van der Waals surface area contributed by atoms with Crippen LogP contribution in [-0.2, 0) is 6.42 Å². The third-order valence-electron chi connectivity index (χ3n) is 4.67. The molecule has 1 aliphatic heterocycles. The van der Waals surface area contributed by atoms with E-state index < -0.39 is 0 Å². The zero-order valence-corrected chi connectivity index (χ0v) is 19.8. The number of anilines is 1. The van der Waals surface area contributed by atoms with E-state index in [9.17, 15) is 5.11 Å². The number of nitrogens with zero attached hydrogens (tertiary/aromatic N) is 4. The lowest BCUT2D eigenvalue weighted by molar-refractivity contribution is 0.141. The van der Waals surface area contributed by atoms with Crippen molar-refractivity contribution < 1.29 is 5.11 Å². The lowest BCUT2D eigenvalue weighted by Crippen LogP contribution is -2.51. The number of aromatic nitrogens is 3. The van der Waals surface area contributed by atoms with E-state index in [1.54, 1.807) is 12.3 Å². The third kappa shape index (κ3) is 4.77. The van der Waals surface area contributed by atoms with E-state index in [2.05, 4.69) is 50.9 Å². The molecular weight excluding hydrogens is 462 g/mol. The summed E-state index contributed by atoms with van der Waals surface area (Å²) in [6, 6.07) is 0. The van der Waals surface area contributed by atoms with Crippen LogP contribution in [0, 0.1) is 0 Å². The zero-order chi connectivity index (χ0) is 21.8. The van der Waals surface area contributed by atoms with Crippen LogP contribution in [0.25, 0.3) is 11.0 Å². The maximum Gasteiger partial charge on any atom is 0.196 e. The van der Waals surface area contributed by atoms with E-state index in [0.29, 0.717) is 18.2 Å². The highest BCUT2D eigenvalue weighted by Crippen LogP contribution is 2.38. The first kappa shape index (κ1) is 22.5. The first-order valence-corrected chi connectivity index (χ1v) is 11.4. The van der Waals surface area contributed by atoms with Crippen molar-refractivity contribution in [1.82, 2.24) is 15.0 Å². The van der Waals surface area contributed by atoms with E-state index in [4.69, 9.17) is 9.97 Å². The van der Waals surface area contributed by atoms with Crippen LogP contribution in [0.15, 0.2) is 62.2 Å². The van der Waals surface area contributed by atoms with Gasteiger partial charge in [-0.15, -0.1) is 0 Å². The van der Waals surface area contributed by atoms with Gasteiger partial charge in [-0.1, -0.05) is 44.0 Å². The summed E-state index contributed by atoms with van der Waals surface area (Å²) in [5.41, 5.74) is 3.51. The van der Waals surface area contributed by atoms with Crippen molar-refractivity contribution in [2.75, 3.05) is 18.0 Å². The molecule has 1 fully saturated rings. The molecule has 1 saturated heterocycles. The molecule has 2 aromatic rings. The summed E-state index contributed by atoms with van der Waals surface area (Å²) in [5.74, 6) is 0.833. The fraction of sp³-hybridized carbons (Fsp3) is 0.318. The Morgan fingerprint density at radius 1 is 1.43 bits per heavy atom. The van der Waals surface area contributed by atoms with Gasteiger partial charge in [-0.25, -0.2) is 9.97 Å². The molecule has 0 spiro atoms. The van der Waals surface area contributed by atoms with Gasteiger partial charge in [0.2, 0.25) is 0 Å². The maximum absolute atomic E-state index is 9.79. The molecule has 0 aromatic carbocycles. The van der Waals surface area contributed by atoms with E-state index in [1.165, 1.54) is 11.8 Å². The number of rotatable bonds is 8. The number of allylic oxidation sites excluding steroid dienone is 4. The highest BCUT2D eigenvalue weighted by Gasteiger charge is 2.29. The van der Waals surface area contributed by atoms with Crippen LogP contribution < -0.4 is 4.90 Å². The van der Waals surface area contributed by atoms with Crippen LogP contribution >= 0.6 is 27.7 Å². The Bertz CT molecular complexity index is 1060. The van der Waals surface area contributed by atoms with Gasteiger partial charge in [-0.2, -0.15) is 0 Å². The van der Waals surface area contributed by atoms with Gasteiger partial charge in [0.25, 0.3) is 0 Å². The van der Waals surface area contributed by atoms with Crippen LogP contribution in [0.3, 0.4) is 0 Å². The first-order chi connectivity index (χ1) is 14.4. The van der Waals surface area contributed by atoms with Crippen molar-refractivity contribution in [3.63, 3.8) is 0 Å². The van der Waals surface area contributed by atoms with E-state index in [1.807, 2.05) is 26.0 Å². The van der Waals surface area contributed by atoms with Gasteiger partial charge in [-0.3, -0.25) is 4.99 Å². The van der Waals surface area contributed by atoms with Crippen molar-refractivity contribution >= 4 is 50.8 Å². The molecule has 6 nitrogen and oxygen atoms in total. The topological polar surface area (TPSA) is 77.4 Å². The second-order valence-electron chi connectivity index (χ2n) is 7.00. The minimum absolute atomic E-state index is 0.315. The average molecular weight is 488 g/mol. The molecule has 2 aromatic heterocycles. The van der Waals surface area contributed by atoms with Gasteiger partial charge in [0.1, 0.15) is 11.5 Å². The number of aliphatic hydroxyl groups is 1. The van der Waals surface area contributed by atoms with Crippen molar-refractivity contribution in [3.8, 4) is 0 Å². The number of nitrogens with one attached hydrogen (secondary N) is 1. The molecule has 8 heteroatoms. The fourth-order valence-electron chi connectivity index (χ4n) is 3.03. The van der Waals surface area contributed by atoms with Gasteiger partial charge in [0.15, 0.2) is 5.16 Å². The summed E-state index contributed by atoms with van der Waals surface area (Å²) in [6.07, 6.45) is 7.79. The lowest BCUT2D eigenvalue weighted by Gasteiger charge is -2.37. The molecule has 3 rings (SSSR count). The minimum Gasteiger partial charge on any atom is -0.389 e. The molecule has 0 bridgehead atoms. The Morgan fingerprint density at radius 2 is 2.17 bits per heavy atom. The number of hydrogen-bond donors (Lipinski definition) is 2. The second-order valence-corrected chi connectivity index (χ2v) is 8.83. The Labute approximate surface area is 189 Å². The fourth-order valence-corrected chi connectivity index (χ4v) is 4.54. The standard InChI is InChI=1S/C22H26BrN5OS/c1-6-9-24-17(13(4)5)10-15(7-2)30-22-26-20-18(19(23)16(8-3)25-20)21(27-22)28-11-14(29)12-28/h6-7,9-10,14,29H,1,4,8,11-12H2,2-3,5H3,(H,25,26,27)/b15-7+,17-10+,24-9?. The van der Waals surface area contributed by atoms with Crippen molar-refractivity contribution in [3.05, 3.63) is 57.7 Å². The average Bonchev–Trinajstić information content (AvgIpc) is 3.02. The molecule has 3 heterocycles. The summed E-state index contributed by atoms with van der Waals surface area (Å²) in [4.78, 5) is 20.4. The number of aliphatic hydroxyl groups excluding tert-OH is 1. The molecule has 0 amide bonds. The molecule has 0 saturated carbocycles. The highest BCUT2D eigenvalue weighted by molar-refractivity contribution is 9.10. The normalized spacial score (nSPS) is 15.8. The van der Waals surface area contributed by atoms with E-state index >= 15 is 0 Å². The molecule has 2 N–H and O–H groups in total. The van der Waals surface area contributed by atoms with Gasteiger partial charge in [-0.05, 0) is 47.8 Å². The second kappa shape index (κ2) is 9.76. The molecule has 158 valence electrons. The zero-order valence-electron chi connectivity index (χ0n) is 17.4. The molecule has 0 unspecified atom stereocenters. The van der Waals surface area contributed by atoms with Crippen LogP contribution in [0.1, 0.15) is 26.5 Å². The first-order valence-electron chi connectivity index (χ1n) is 9.75. The van der Waals surface area contributed by atoms with Crippen molar-refractivity contribution in [2.45, 2.75) is 38.5 Å². The SMILES string of the molecule is C=CC=N/C(=C/C(=C\C)Sc1nc(N2CC(O)C2)c2c(Br)c(CC)[nH]c2n1)C(=C)C. The Balaban J connectivity index is 2.02. The number of hydrogen-bond acceptors (Lipinski definition) is 6. The third-order valence-corrected chi connectivity index (χ3v) is 6.50. The van der Waals surface area contributed by atoms with E-state index in [0.717, 1.165) is 49.6 Å². The van der Waals surface area contributed by atoms with Gasteiger partial charge in [0, 0.05) is 29.9 Å². The predicted molar refractivity (Wildman–Crippen MR) is 130 cm³/mol. The Morgan fingerprint density at radius 3 is 2.73 bits per heavy atom. The van der Waals surface area contributed by atoms with Gasteiger partial charge < -0.3 is 15.0 Å².